The third-order valence-electron chi connectivity index (χ3n) is 6.44. The van der Waals surface area contributed by atoms with Gasteiger partial charge in [-0.3, -0.25) is 9.89 Å². The van der Waals surface area contributed by atoms with E-state index < -0.39 is 0 Å². The summed E-state index contributed by atoms with van der Waals surface area (Å²) in [6.45, 7) is 16.6. The van der Waals surface area contributed by atoms with E-state index >= 15 is 0 Å². The molecule has 4 atom stereocenters. The van der Waals surface area contributed by atoms with Crippen molar-refractivity contribution in [3.63, 3.8) is 0 Å². The Labute approximate surface area is 218 Å². The van der Waals surface area contributed by atoms with Gasteiger partial charge in [0.2, 0.25) is 0 Å². The summed E-state index contributed by atoms with van der Waals surface area (Å²) >= 11 is 0. The lowest BCUT2D eigenvalue weighted by molar-refractivity contribution is -0.0835. The molecule has 1 aromatic carbocycles. The number of halogens is 1. The summed E-state index contributed by atoms with van der Waals surface area (Å²) in [6.07, 6.45) is 3.24. The fourth-order valence-electron chi connectivity index (χ4n) is 5.08. The molecule has 0 saturated carbocycles. The normalized spacial score (nSPS) is 27.0. The third kappa shape index (κ3) is 9.00. The van der Waals surface area contributed by atoms with Crippen molar-refractivity contribution in [2.45, 2.75) is 78.9 Å². The van der Waals surface area contributed by atoms with Crippen LogP contribution in [0.1, 0.15) is 58.6 Å². The van der Waals surface area contributed by atoms with Gasteiger partial charge in [-0.05, 0) is 43.2 Å². The van der Waals surface area contributed by atoms with Gasteiger partial charge >= 0.3 is 0 Å². The lowest BCUT2D eigenvalue weighted by Gasteiger charge is -2.40. The molecule has 2 aliphatic rings. The highest BCUT2D eigenvalue weighted by Gasteiger charge is 2.35. The Bertz CT molecular complexity index is 725. The summed E-state index contributed by atoms with van der Waals surface area (Å²) in [5, 5.41) is 6.99. The Hall–Kier alpha value is -0.900. The molecule has 0 bridgehead atoms. The van der Waals surface area contributed by atoms with Gasteiger partial charge in [-0.15, -0.1) is 24.0 Å². The number of guanidine groups is 1. The number of nitrogens with one attached hydrogen (secondary N) is 2. The van der Waals surface area contributed by atoms with Crippen LogP contribution in [0.4, 0.5) is 0 Å². The maximum Gasteiger partial charge on any atom is 0.191 e. The molecule has 3 rings (SSSR count). The van der Waals surface area contributed by atoms with Gasteiger partial charge < -0.3 is 20.1 Å². The van der Waals surface area contributed by atoms with Crippen LogP contribution in [0.25, 0.3) is 0 Å². The number of ether oxygens (including phenoxy) is 2. The van der Waals surface area contributed by atoms with Gasteiger partial charge in [0.15, 0.2) is 5.96 Å². The molecule has 2 saturated heterocycles. The molecule has 6 nitrogen and oxygen atoms in total. The molecule has 4 unspecified atom stereocenters. The zero-order valence-electron chi connectivity index (χ0n) is 21.4. The van der Waals surface area contributed by atoms with Gasteiger partial charge in [0.25, 0.3) is 0 Å². The molecule has 1 aromatic rings. The van der Waals surface area contributed by atoms with E-state index in [1.54, 1.807) is 0 Å². The average molecular weight is 573 g/mol. The molecule has 0 aromatic heterocycles. The summed E-state index contributed by atoms with van der Waals surface area (Å²) in [5.41, 5.74) is 2.76. The van der Waals surface area contributed by atoms with Crippen molar-refractivity contribution < 1.29 is 9.47 Å². The first-order chi connectivity index (χ1) is 15.2. The average Bonchev–Trinajstić information content (AvgIpc) is 2.74. The van der Waals surface area contributed by atoms with Crippen molar-refractivity contribution >= 4 is 29.9 Å². The molecule has 188 valence electrons. The number of hydrogen-bond acceptors (Lipinski definition) is 4. The molecular formula is C26H45IN4O2. The molecule has 7 heteroatoms. The summed E-state index contributed by atoms with van der Waals surface area (Å²) in [6, 6.07) is 8.91. The van der Waals surface area contributed by atoms with Crippen LogP contribution in [-0.4, -0.2) is 62.5 Å². The maximum absolute atomic E-state index is 6.12. The maximum atomic E-state index is 6.12. The molecule has 2 heterocycles. The molecular weight excluding hydrogens is 527 g/mol. The molecule has 2 N–H and O–H groups in total. The first-order valence-corrected chi connectivity index (χ1v) is 12.3. The second-order valence-corrected chi connectivity index (χ2v) is 10.6. The van der Waals surface area contributed by atoms with E-state index in [1.165, 1.54) is 17.5 Å². The standard InChI is InChI=1S/C26H44N4O2.HI/c1-19-16-30(17-20(2)32-19)18-22-11-9-21(10-12-22)14-28-25(27-6)29-15-23-8-7-13-31-24(23)26(3,4)5;/h9-12,19-20,23-24H,7-8,13-18H2,1-6H3,(H2,27,28,29);1H. The summed E-state index contributed by atoms with van der Waals surface area (Å²) in [7, 11) is 1.83. The van der Waals surface area contributed by atoms with Crippen molar-refractivity contribution in [3.8, 4) is 0 Å². The first-order valence-electron chi connectivity index (χ1n) is 12.3. The molecule has 0 amide bonds. The Morgan fingerprint density at radius 2 is 1.70 bits per heavy atom. The van der Waals surface area contributed by atoms with E-state index in [-0.39, 0.29) is 35.5 Å². The van der Waals surface area contributed by atoms with Crippen molar-refractivity contribution in [2.24, 2.45) is 16.3 Å². The Balaban J connectivity index is 0.00000385. The van der Waals surface area contributed by atoms with Crippen LogP contribution < -0.4 is 10.6 Å². The van der Waals surface area contributed by atoms with Gasteiger partial charge in [-0.25, -0.2) is 0 Å². The number of morpholine rings is 1. The van der Waals surface area contributed by atoms with Crippen molar-refractivity contribution in [3.05, 3.63) is 35.4 Å². The zero-order valence-corrected chi connectivity index (χ0v) is 23.7. The molecule has 33 heavy (non-hydrogen) atoms. The monoisotopic (exact) mass is 572 g/mol. The van der Waals surface area contributed by atoms with Gasteiger partial charge in [0.05, 0.1) is 18.3 Å². The largest absolute Gasteiger partial charge is 0.377 e. The fraction of sp³-hybridized carbons (Fsp3) is 0.731. The van der Waals surface area contributed by atoms with Crippen molar-refractivity contribution in [1.82, 2.24) is 15.5 Å². The number of nitrogens with zero attached hydrogens (tertiary/aromatic N) is 2. The first kappa shape index (κ1) is 28.3. The van der Waals surface area contributed by atoms with Crippen LogP contribution in [-0.2, 0) is 22.6 Å². The highest BCUT2D eigenvalue weighted by molar-refractivity contribution is 14.0. The zero-order chi connectivity index (χ0) is 23.1. The van der Waals surface area contributed by atoms with Gasteiger partial charge in [-0.2, -0.15) is 0 Å². The van der Waals surface area contributed by atoms with E-state index in [1.807, 2.05) is 7.05 Å². The van der Waals surface area contributed by atoms with Gasteiger partial charge in [0.1, 0.15) is 0 Å². The molecule has 0 spiro atoms. The van der Waals surface area contributed by atoms with Crippen LogP contribution in [0.2, 0.25) is 0 Å². The minimum atomic E-state index is 0. The topological polar surface area (TPSA) is 58.1 Å². The summed E-state index contributed by atoms with van der Waals surface area (Å²) in [4.78, 5) is 6.90. The summed E-state index contributed by atoms with van der Waals surface area (Å²) < 4.78 is 12.0. The number of rotatable bonds is 6. The van der Waals surface area contributed by atoms with E-state index in [4.69, 9.17) is 9.47 Å². The smallest absolute Gasteiger partial charge is 0.191 e. The van der Waals surface area contributed by atoms with E-state index in [0.29, 0.717) is 18.1 Å². The van der Waals surface area contributed by atoms with Crippen LogP contribution in [0.5, 0.6) is 0 Å². The van der Waals surface area contributed by atoms with E-state index in [2.05, 4.69) is 79.4 Å². The predicted octanol–water partition coefficient (Wildman–Crippen LogP) is 4.42. The second kappa shape index (κ2) is 13.3. The second-order valence-electron chi connectivity index (χ2n) is 10.6. The minimum Gasteiger partial charge on any atom is -0.377 e. The van der Waals surface area contributed by atoms with Gasteiger partial charge in [0, 0.05) is 52.3 Å². The third-order valence-corrected chi connectivity index (χ3v) is 6.44. The highest BCUT2D eigenvalue weighted by atomic mass is 127. The minimum absolute atomic E-state index is 0. The van der Waals surface area contributed by atoms with Crippen molar-refractivity contribution in [1.29, 1.82) is 0 Å². The lowest BCUT2D eigenvalue weighted by atomic mass is 9.78. The highest BCUT2D eigenvalue weighted by Crippen LogP contribution is 2.33. The van der Waals surface area contributed by atoms with Crippen LogP contribution in [0.15, 0.2) is 29.3 Å². The lowest BCUT2D eigenvalue weighted by Crippen LogP contribution is -2.47. The molecule has 2 fully saturated rings. The van der Waals surface area contributed by atoms with Crippen LogP contribution in [0, 0.1) is 11.3 Å². The van der Waals surface area contributed by atoms with Crippen LogP contribution >= 0.6 is 24.0 Å². The van der Waals surface area contributed by atoms with E-state index in [0.717, 1.165) is 51.7 Å². The van der Waals surface area contributed by atoms with Crippen LogP contribution in [0.3, 0.4) is 0 Å². The summed E-state index contributed by atoms with van der Waals surface area (Å²) in [5.74, 6) is 1.36. The Kier molecular flexibility index (Phi) is 11.4. The number of hydrogen-bond donors (Lipinski definition) is 2. The number of aliphatic imine (C=N–C) groups is 1. The Morgan fingerprint density at radius 1 is 1.06 bits per heavy atom. The van der Waals surface area contributed by atoms with Crippen molar-refractivity contribution in [2.75, 3.05) is 33.3 Å². The SMILES string of the molecule is CN=C(NCc1ccc(CN2CC(C)OC(C)C2)cc1)NCC1CCCOC1C(C)(C)C.I. The predicted molar refractivity (Wildman–Crippen MR) is 147 cm³/mol. The molecule has 0 aliphatic carbocycles. The number of benzene rings is 1. The fourth-order valence-corrected chi connectivity index (χ4v) is 5.08. The van der Waals surface area contributed by atoms with E-state index in [9.17, 15) is 0 Å². The van der Waals surface area contributed by atoms with Gasteiger partial charge in [-0.1, -0.05) is 45.0 Å². The quantitative estimate of drug-likeness (QED) is 0.301. The molecule has 2 aliphatic heterocycles. The molecule has 0 radical (unpaired) electrons. The Morgan fingerprint density at radius 3 is 2.30 bits per heavy atom.